The van der Waals surface area contributed by atoms with Gasteiger partial charge in [0.25, 0.3) is 5.91 Å². The van der Waals surface area contributed by atoms with Crippen LogP contribution >= 0.6 is 0 Å². The first-order chi connectivity index (χ1) is 8.70. The molecule has 0 bridgehead atoms. The maximum absolute atomic E-state index is 12.1. The molecule has 1 aliphatic heterocycles. The summed E-state index contributed by atoms with van der Waals surface area (Å²) in [4.78, 5) is 25.7. The van der Waals surface area contributed by atoms with Gasteiger partial charge in [0.1, 0.15) is 5.54 Å². The van der Waals surface area contributed by atoms with Crippen molar-refractivity contribution in [2.45, 2.75) is 50.5 Å². The van der Waals surface area contributed by atoms with Gasteiger partial charge in [0.05, 0.1) is 0 Å². The van der Waals surface area contributed by atoms with E-state index in [1.165, 1.54) is 6.42 Å². The second-order valence-electron chi connectivity index (χ2n) is 5.20. The quantitative estimate of drug-likeness (QED) is 0.599. The van der Waals surface area contributed by atoms with Gasteiger partial charge in [-0.3, -0.25) is 10.1 Å². The molecule has 18 heavy (non-hydrogen) atoms. The predicted molar refractivity (Wildman–Crippen MR) is 67.2 cm³/mol. The lowest BCUT2D eigenvalue weighted by atomic mass is 9.80. The highest BCUT2D eigenvalue weighted by Gasteiger charge is 2.52. The Morgan fingerprint density at radius 3 is 2.61 bits per heavy atom. The van der Waals surface area contributed by atoms with Gasteiger partial charge in [-0.25, -0.2) is 4.79 Å². The number of carbonyl (C=O) groups excluding carboxylic acids is 2. The number of ether oxygens (including phenoxy) is 1. The zero-order valence-corrected chi connectivity index (χ0v) is 11.0. The zero-order chi connectivity index (χ0) is 13.0. The molecule has 1 saturated heterocycles. The Kier molecular flexibility index (Phi) is 4.22. The zero-order valence-electron chi connectivity index (χ0n) is 11.0. The van der Waals surface area contributed by atoms with E-state index >= 15 is 0 Å². The van der Waals surface area contributed by atoms with Crippen LogP contribution in [0.4, 0.5) is 4.79 Å². The molecule has 3 amide bonds. The molecule has 2 aliphatic rings. The highest BCUT2D eigenvalue weighted by molar-refractivity contribution is 6.07. The fourth-order valence-corrected chi connectivity index (χ4v) is 3.06. The van der Waals surface area contributed by atoms with Gasteiger partial charge in [0, 0.05) is 20.3 Å². The summed E-state index contributed by atoms with van der Waals surface area (Å²) in [7, 11) is 1.68. The maximum atomic E-state index is 12.1. The molecule has 0 aromatic heterocycles. The molecule has 1 saturated carbocycles. The van der Waals surface area contributed by atoms with Crippen molar-refractivity contribution in [2.24, 2.45) is 0 Å². The number of rotatable bonds is 5. The van der Waals surface area contributed by atoms with E-state index in [2.05, 4.69) is 5.32 Å². The second kappa shape index (κ2) is 5.69. The Morgan fingerprint density at radius 1 is 1.22 bits per heavy atom. The molecule has 0 aromatic rings. The molecule has 2 fully saturated rings. The molecule has 5 heteroatoms. The summed E-state index contributed by atoms with van der Waals surface area (Å²) >= 11 is 0. The molecule has 1 aliphatic carbocycles. The van der Waals surface area contributed by atoms with E-state index in [1.54, 1.807) is 12.0 Å². The summed E-state index contributed by atoms with van der Waals surface area (Å²) in [6.45, 7) is 1.36. The number of nitrogens with zero attached hydrogens (tertiary/aromatic N) is 1. The number of amides is 3. The molecule has 2 rings (SSSR count). The molecule has 0 unspecified atom stereocenters. The van der Waals surface area contributed by atoms with Crippen molar-refractivity contribution in [3.8, 4) is 0 Å². The lowest BCUT2D eigenvalue weighted by Crippen LogP contribution is -2.51. The summed E-state index contributed by atoms with van der Waals surface area (Å²) in [5, 5.41) is 2.49. The Labute approximate surface area is 108 Å². The summed E-state index contributed by atoms with van der Waals surface area (Å²) < 4.78 is 5.01. The standard InChI is InChI=1S/C13H22N2O3/c1-18-10-6-5-9-15-12(17)14-11(16)13(15)7-3-2-4-8-13/h2-10H2,1H3,(H,14,16,17). The van der Waals surface area contributed by atoms with E-state index in [9.17, 15) is 9.59 Å². The Balaban J connectivity index is 2.00. The van der Waals surface area contributed by atoms with Gasteiger partial charge in [0.2, 0.25) is 0 Å². The molecule has 1 heterocycles. The predicted octanol–water partition coefficient (Wildman–Crippen LogP) is 1.67. The van der Waals surface area contributed by atoms with E-state index in [-0.39, 0.29) is 11.9 Å². The van der Waals surface area contributed by atoms with Gasteiger partial charge in [-0.2, -0.15) is 0 Å². The van der Waals surface area contributed by atoms with Crippen LogP contribution in [0.15, 0.2) is 0 Å². The minimum absolute atomic E-state index is 0.0843. The number of hydrogen-bond donors (Lipinski definition) is 1. The molecule has 1 N–H and O–H groups in total. The van der Waals surface area contributed by atoms with Gasteiger partial charge in [-0.1, -0.05) is 19.3 Å². The molecule has 1 spiro atoms. The molecule has 0 atom stereocenters. The van der Waals surface area contributed by atoms with Crippen LogP contribution in [0, 0.1) is 0 Å². The normalized spacial score (nSPS) is 22.6. The van der Waals surface area contributed by atoms with Gasteiger partial charge in [0.15, 0.2) is 0 Å². The Morgan fingerprint density at radius 2 is 1.94 bits per heavy atom. The summed E-state index contributed by atoms with van der Waals surface area (Å²) in [5.74, 6) is -0.0843. The highest BCUT2D eigenvalue weighted by atomic mass is 16.5. The van der Waals surface area contributed by atoms with Crippen LogP contribution in [-0.2, 0) is 9.53 Å². The van der Waals surface area contributed by atoms with Crippen LogP contribution in [-0.4, -0.2) is 42.6 Å². The van der Waals surface area contributed by atoms with Crippen molar-refractivity contribution >= 4 is 11.9 Å². The van der Waals surface area contributed by atoms with Crippen molar-refractivity contribution in [3.05, 3.63) is 0 Å². The van der Waals surface area contributed by atoms with E-state index in [1.807, 2.05) is 0 Å². The average molecular weight is 254 g/mol. The average Bonchev–Trinajstić information content (AvgIpc) is 2.59. The summed E-state index contributed by atoms with van der Waals surface area (Å²) in [6, 6.07) is -0.209. The molecular formula is C13H22N2O3. The van der Waals surface area contributed by atoms with Gasteiger partial charge < -0.3 is 9.64 Å². The lowest BCUT2D eigenvalue weighted by Gasteiger charge is -2.38. The van der Waals surface area contributed by atoms with Crippen molar-refractivity contribution in [1.29, 1.82) is 0 Å². The van der Waals surface area contributed by atoms with E-state index in [0.29, 0.717) is 13.2 Å². The Bertz CT molecular complexity index is 324. The number of methoxy groups -OCH3 is 1. The molecule has 0 radical (unpaired) electrons. The third-order valence-electron chi connectivity index (χ3n) is 4.07. The first kappa shape index (κ1) is 13.3. The Hall–Kier alpha value is -1.10. The van der Waals surface area contributed by atoms with Crippen LogP contribution in [0.3, 0.4) is 0 Å². The number of carbonyl (C=O) groups is 2. The second-order valence-corrected chi connectivity index (χ2v) is 5.20. The third-order valence-corrected chi connectivity index (χ3v) is 4.07. The molecule has 0 aromatic carbocycles. The van der Waals surface area contributed by atoms with Crippen molar-refractivity contribution in [3.63, 3.8) is 0 Å². The molecule has 5 nitrogen and oxygen atoms in total. The highest BCUT2D eigenvalue weighted by Crippen LogP contribution is 2.37. The third kappa shape index (κ3) is 2.36. The summed E-state index contributed by atoms with van der Waals surface area (Å²) in [6.07, 6.45) is 6.68. The van der Waals surface area contributed by atoms with Crippen LogP contribution in [0.25, 0.3) is 0 Å². The maximum Gasteiger partial charge on any atom is 0.325 e. The monoisotopic (exact) mass is 254 g/mol. The molecular weight excluding hydrogens is 232 g/mol. The number of unbranched alkanes of at least 4 members (excludes halogenated alkanes) is 1. The van der Waals surface area contributed by atoms with Crippen LogP contribution in [0.2, 0.25) is 0 Å². The largest absolute Gasteiger partial charge is 0.385 e. The fourth-order valence-electron chi connectivity index (χ4n) is 3.06. The number of urea groups is 1. The minimum atomic E-state index is -0.539. The number of imide groups is 1. The van der Waals surface area contributed by atoms with E-state index in [0.717, 1.165) is 38.5 Å². The van der Waals surface area contributed by atoms with Crippen LogP contribution in [0.1, 0.15) is 44.9 Å². The van der Waals surface area contributed by atoms with E-state index in [4.69, 9.17) is 4.74 Å². The summed E-state index contributed by atoms with van der Waals surface area (Å²) in [5.41, 5.74) is -0.539. The molecule has 102 valence electrons. The topological polar surface area (TPSA) is 58.6 Å². The van der Waals surface area contributed by atoms with Crippen molar-refractivity contribution < 1.29 is 14.3 Å². The number of hydrogen-bond acceptors (Lipinski definition) is 3. The van der Waals surface area contributed by atoms with Crippen molar-refractivity contribution in [1.82, 2.24) is 10.2 Å². The van der Waals surface area contributed by atoms with Crippen LogP contribution in [0.5, 0.6) is 0 Å². The fraction of sp³-hybridized carbons (Fsp3) is 0.846. The smallest absolute Gasteiger partial charge is 0.325 e. The van der Waals surface area contributed by atoms with Crippen LogP contribution < -0.4 is 5.32 Å². The minimum Gasteiger partial charge on any atom is -0.385 e. The number of nitrogens with one attached hydrogen (secondary N) is 1. The van der Waals surface area contributed by atoms with Gasteiger partial charge in [-0.15, -0.1) is 0 Å². The van der Waals surface area contributed by atoms with Gasteiger partial charge >= 0.3 is 6.03 Å². The lowest BCUT2D eigenvalue weighted by molar-refractivity contribution is -0.128. The first-order valence-electron chi connectivity index (χ1n) is 6.83. The van der Waals surface area contributed by atoms with E-state index < -0.39 is 5.54 Å². The SMILES string of the molecule is COCCCCN1C(=O)NC(=O)C12CCCCC2. The first-order valence-corrected chi connectivity index (χ1v) is 6.83. The van der Waals surface area contributed by atoms with Gasteiger partial charge in [-0.05, 0) is 25.7 Å². The van der Waals surface area contributed by atoms with Crippen molar-refractivity contribution in [2.75, 3.05) is 20.3 Å².